The molecule has 184 valence electrons. The van der Waals surface area contributed by atoms with Gasteiger partial charge in [-0.3, -0.25) is 9.59 Å². The summed E-state index contributed by atoms with van der Waals surface area (Å²) in [4.78, 5) is 36.0. The van der Waals surface area contributed by atoms with Gasteiger partial charge in [0, 0.05) is 22.3 Å². The number of methoxy groups -OCH3 is 2. The van der Waals surface area contributed by atoms with Gasteiger partial charge in [-0.15, -0.1) is 11.3 Å². The molecule has 0 unspecified atom stereocenters. The number of hydrogen-bond acceptors (Lipinski definition) is 8. The molecule has 2 bridgehead atoms. The fraction of sp³-hybridized carbons (Fsp3) is 0.481. The van der Waals surface area contributed by atoms with E-state index in [-0.39, 0.29) is 35.7 Å². The lowest BCUT2D eigenvalue weighted by Gasteiger charge is -2.29. The van der Waals surface area contributed by atoms with E-state index in [1.807, 2.05) is 18.2 Å². The lowest BCUT2D eigenvalue weighted by Crippen LogP contribution is -2.41. The molecule has 8 nitrogen and oxygen atoms in total. The first kappa shape index (κ1) is 21.9. The van der Waals surface area contributed by atoms with Crippen LogP contribution in [0.2, 0.25) is 0 Å². The van der Waals surface area contributed by atoms with Crippen LogP contribution in [0.25, 0.3) is 0 Å². The van der Waals surface area contributed by atoms with Crippen LogP contribution < -0.4 is 14.4 Å². The summed E-state index contributed by atoms with van der Waals surface area (Å²) in [5.41, 5.74) is 3.23. The molecular weight excluding hydrogens is 478 g/mol. The first-order chi connectivity index (χ1) is 17.6. The van der Waals surface area contributed by atoms with Gasteiger partial charge in [0.1, 0.15) is 17.2 Å². The minimum atomic E-state index is -0.408. The predicted octanol–water partition coefficient (Wildman–Crippen LogP) is 3.69. The molecule has 7 rings (SSSR count). The number of aryl methyl sites for hydroxylation is 1. The van der Waals surface area contributed by atoms with E-state index in [1.165, 1.54) is 16.2 Å². The number of benzene rings is 1. The highest BCUT2D eigenvalue weighted by atomic mass is 32.1. The molecule has 9 heteroatoms. The van der Waals surface area contributed by atoms with Crippen LogP contribution in [0.3, 0.4) is 0 Å². The second kappa shape index (κ2) is 7.81. The zero-order valence-corrected chi connectivity index (χ0v) is 20.8. The SMILES string of the molecule is COc1ccc(C2=NO[C@@H]3[C@@H]4C[C@@H]([C@H]5C(=O)N(c6sc7c(c6C#N)CCCC7)C(=O)[C@@H]45)[C@H]23)cc1OC. The van der Waals surface area contributed by atoms with Crippen molar-refractivity contribution >= 4 is 33.9 Å². The van der Waals surface area contributed by atoms with Crippen molar-refractivity contribution in [2.24, 2.45) is 34.7 Å². The third-order valence-electron chi connectivity index (χ3n) is 8.84. The van der Waals surface area contributed by atoms with Crippen LogP contribution in [0, 0.1) is 40.9 Å². The molecule has 0 N–H and O–H groups in total. The number of hydrogen-bond donors (Lipinski definition) is 0. The Labute approximate surface area is 212 Å². The highest BCUT2D eigenvalue weighted by molar-refractivity contribution is 7.17. The van der Waals surface area contributed by atoms with Gasteiger partial charge in [-0.25, -0.2) is 4.90 Å². The van der Waals surface area contributed by atoms with E-state index in [0.29, 0.717) is 22.1 Å². The molecule has 6 atom stereocenters. The smallest absolute Gasteiger partial charge is 0.238 e. The lowest BCUT2D eigenvalue weighted by molar-refractivity contribution is -0.125. The third-order valence-corrected chi connectivity index (χ3v) is 10.1. The van der Waals surface area contributed by atoms with Crippen LogP contribution in [0.15, 0.2) is 23.4 Å². The summed E-state index contributed by atoms with van der Waals surface area (Å²) in [7, 11) is 3.19. The number of anilines is 1. The number of thiophene rings is 1. The number of nitrogens with zero attached hydrogens (tertiary/aromatic N) is 3. The summed E-state index contributed by atoms with van der Waals surface area (Å²) < 4.78 is 10.8. The van der Waals surface area contributed by atoms with Crippen molar-refractivity contribution in [1.82, 2.24) is 0 Å². The second-order valence-corrected chi connectivity index (χ2v) is 11.4. The van der Waals surface area contributed by atoms with Crippen LogP contribution in [0.4, 0.5) is 5.00 Å². The largest absolute Gasteiger partial charge is 0.493 e. The monoisotopic (exact) mass is 503 g/mol. The maximum atomic E-state index is 13.9. The summed E-state index contributed by atoms with van der Waals surface area (Å²) >= 11 is 1.46. The summed E-state index contributed by atoms with van der Waals surface area (Å²) in [6, 6.07) is 7.97. The van der Waals surface area contributed by atoms with Crippen LogP contribution in [0.5, 0.6) is 11.5 Å². The van der Waals surface area contributed by atoms with Crippen molar-refractivity contribution in [3.63, 3.8) is 0 Å². The van der Waals surface area contributed by atoms with Gasteiger partial charge in [0.2, 0.25) is 11.8 Å². The summed E-state index contributed by atoms with van der Waals surface area (Å²) in [5, 5.41) is 14.9. The molecule has 1 aromatic carbocycles. The molecule has 36 heavy (non-hydrogen) atoms. The zero-order valence-electron chi connectivity index (χ0n) is 20.0. The quantitative estimate of drug-likeness (QED) is 0.590. The van der Waals surface area contributed by atoms with Crippen molar-refractivity contribution in [3.05, 3.63) is 39.8 Å². The van der Waals surface area contributed by atoms with Crippen molar-refractivity contribution < 1.29 is 23.9 Å². The van der Waals surface area contributed by atoms with E-state index < -0.39 is 11.8 Å². The second-order valence-electron chi connectivity index (χ2n) is 10.3. The maximum Gasteiger partial charge on any atom is 0.238 e. The van der Waals surface area contributed by atoms with Crippen molar-refractivity contribution in [3.8, 4) is 17.6 Å². The molecular formula is C27H25N3O5S. The van der Waals surface area contributed by atoms with Crippen LogP contribution in [-0.4, -0.2) is 37.8 Å². The lowest BCUT2D eigenvalue weighted by atomic mass is 9.71. The Morgan fingerprint density at radius 2 is 1.81 bits per heavy atom. The van der Waals surface area contributed by atoms with Crippen LogP contribution in [0.1, 0.15) is 40.8 Å². The fourth-order valence-electron chi connectivity index (χ4n) is 7.38. The third kappa shape index (κ3) is 2.71. The summed E-state index contributed by atoms with van der Waals surface area (Å²) in [6.07, 6.45) is 4.41. The first-order valence-corrected chi connectivity index (χ1v) is 13.3. The Morgan fingerprint density at radius 1 is 1.06 bits per heavy atom. The number of carbonyl (C=O) groups excluding carboxylic acids is 2. The average molecular weight is 504 g/mol. The van der Waals surface area contributed by atoms with Crippen molar-refractivity contribution in [2.75, 3.05) is 19.1 Å². The van der Waals surface area contributed by atoms with Gasteiger partial charge in [-0.1, -0.05) is 5.16 Å². The Balaban J connectivity index is 1.23. The molecule has 3 aliphatic carbocycles. The number of amides is 2. The number of oxime groups is 1. The van der Waals surface area contributed by atoms with E-state index in [0.717, 1.165) is 53.8 Å². The molecule has 2 aromatic rings. The summed E-state index contributed by atoms with van der Waals surface area (Å²) in [6.45, 7) is 0. The minimum Gasteiger partial charge on any atom is -0.493 e. The Morgan fingerprint density at radius 3 is 2.56 bits per heavy atom. The molecule has 3 fully saturated rings. The van der Waals surface area contributed by atoms with Gasteiger partial charge in [-0.05, 0) is 61.8 Å². The van der Waals surface area contributed by atoms with Crippen molar-refractivity contribution in [1.29, 1.82) is 5.26 Å². The number of rotatable bonds is 4. The Bertz CT molecular complexity index is 1390. The normalized spacial score (nSPS) is 31.5. The highest BCUT2D eigenvalue weighted by Crippen LogP contribution is 2.62. The average Bonchev–Trinajstić information content (AvgIpc) is 3.69. The standard InChI is InChI=1S/C27H25N3O5S/c1-33-17-8-7-12(9-18(17)34-2)23-22-14-10-15(24(22)35-29-23)21-20(14)25(31)30(26(21)32)27-16(11-28)13-5-3-4-6-19(13)36-27/h7-9,14-15,20-22,24H,3-6,10H2,1-2H3/t14-,15+,20+,21-,22+,24+/m0/s1. The van der Waals surface area contributed by atoms with Gasteiger partial charge in [0.25, 0.3) is 0 Å². The number of imide groups is 1. The summed E-state index contributed by atoms with van der Waals surface area (Å²) in [5.74, 6) is -0.0581. The number of carbonyl (C=O) groups is 2. The zero-order chi connectivity index (χ0) is 24.7. The molecule has 5 aliphatic rings. The van der Waals surface area contributed by atoms with E-state index in [1.54, 1.807) is 14.2 Å². The van der Waals surface area contributed by atoms with Gasteiger partial charge >= 0.3 is 0 Å². The Hall–Kier alpha value is -3.38. The number of fused-ring (bicyclic) bond motifs is 9. The number of ether oxygens (including phenoxy) is 2. The van der Waals surface area contributed by atoms with Crippen molar-refractivity contribution in [2.45, 2.75) is 38.2 Å². The first-order valence-electron chi connectivity index (χ1n) is 12.5. The van der Waals surface area contributed by atoms with E-state index in [4.69, 9.17) is 14.3 Å². The molecule has 2 saturated carbocycles. The fourth-order valence-corrected chi connectivity index (χ4v) is 8.73. The predicted molar refractivity (Wildman–Crippen MR) is 131 cm³/mol. The highest BCUT2D eigenvalue weighted by Gasteiger charge is 2.70. The molecule has 0 radical (unpaired) electrons. The van der Waals surface area contributed by atoms with E-state index in [2.05, 4.69) is 11.2 Å². The van der Waals surface area contributed by atoms with E-state index in [9.17, 15) is 14.9 Å². The van der Waals surface area contributed by atoms with Crippen LogP contribution >= 0.6 is 11.3 Å². The van der Waals surface area contributed by atoms with Gasteiger partial charge in [-0.2, -0.15) is 5.26 Å². The molecule has 3 heterocycles. The van der Waals surface area contributed by atoms with Gasteiger partial charge < -0.3 is 14.3 Å². The molecule has 2 amide bonds. The minimum absolute atomic E-state index is 0.0269. The van der Waals surface area contributed by atoms with Gasteiger partial charge in [0.05, 0.1) is 37.3 Å². The Kier molecular flexibility index (Phi) is 4.74. The molecule has 2 aliphatic heterocycles. The topological polar surface area (TPSA) is 101 Å². The molecule has 1 aromatic heterocycles. The van der Waals surface area contributed by atoms with Crippen LogP contribution in [-0.2, 0) is 27.3 Å². The van der Waals surface area contributed by atoms with Gasteiger partial charge in [0.15, 0.2) is 11.5 Å². The molecule has 1 saturated heterocycles. The molecule has 0 spiro atoms. The van der Waals surface area contributed by atoms with E-state index >= 15 is 0 Å². The maximum absolute atomic E-state index is 13.9. The number of nitriles is 1.